The molecule has 2 aliphatic rings. The summed E-state index contributed by atoms with van der Waals surface area (Å²) in [5, 5.41) is 0.691. The molecule has 0 N–H and O–H groups in total. The zero-order valence-electron chi connectivity index (χ0n) is 18.4. The van der Waals surface area contributed by atoms with Gasteiger partial charge in [0.15, 0.2) is 0 Å². The minimum absolute atomic E-state index is 0.254. The first-order chi connectivity index (χ1) is 15.9. The zero-order chi connectivity index (χ0) is 23.2. The van der Waals surface area contributed by atoms with Crippen LogP contribution in [0.1, 0.15) is 29.2 Å². The first-order valence-corrected chi connectivity index (χ1v) is 12.5. The van der Waals surface area contributed by atoms with Gasteiger partial charge in [-0.3, -0.25) is 0 Å². The van der Waals surface area contributed by atoms with Crippen LogP contribution in [0.3, 0.4) is 0 Å². The molecule has 1 aliphatic heterocycles. The van der Waals surface area contributed by atoms with E-state index in [-0.39, 0.29) is 4.90 Å². The molecule has 0 bridgehead atoms. The van der Waals surface area contributed by atoms with Gasteiger partial charge in [0.1, 0.15) is 11.5 Å². The van der Waals surface area contributed by atoms with E-state index in [0.29, 0.717) is 30.2 Å². The van der Waals surface area contributed by atoms with E-state index >= 15 is 0 Å². The van der Waals surface area contributed by atoms with Crippen molar-refractivity contribution in [3.05, 3.63) is 94.0 Å². The number of hydrogen-bond donors (Lipinski definition) is 0. The molecule has 33 heavy (non-hydrogen) atoms. The first-order valence-electron chi connectivity index (χ1n) is 10.7. The van der Waals surface area contributed by atoms with Crippen molar-refractivity contribution in [2.75, 3.05) is 20.8 Å². The molecule has 0 saturated heterocycles. The third-order valence-corrected chi connectivity index (χ3v) is 8.58. The molecule has 0 spiro atoms. The van der Waals surface area contributed by atoms with Crippen molar-refractivity contribution >= 4 is 27.2 Å². The molecule has 0 fully saturated rings. The first kappa shape index (κ1) is 22.0. The molecule has 1 atom stereocenters. The van der Waals surface area contributed by atoms with Crippen LogP contribution in [0.25, 0.3) is 5.57 Å². The largest absolute Gasteiger partial charge is 0.497 e. The molecule has 170 valence electrons. The van der Waals surface area contributed by atoms with E-state index < -0.39 is 16.1 Å². The molecule has 1 unspecified atom stereocenters. The Morgan fingerprint density at radius 1 is 0.909 bits per heavy atom. The van der Waals surface area contributed by atoms with Crippen LogP contribution in [-0.4, -0.2) is 33.5 Å². The quantitative estimate of drug-likeness (QED) is 0.482. The lowest BCUT2D eigenvalue weighted by atomic mass is 9.90. The van der Waals surface area contributed by atoms with E-state index in [2.05, 4.69) is 0 Å². The Labute approximate surface area is 199 Å². The summed E-state index contributed by atoms with van der Waals surface area (Å²) in [6.07, 6.45) is 1.35. The second kappa shape index (κ2) is 8.52. The Bertz CT molecular complexity index is 1330. The van der Waals surface area contributed by atoms with Gasteiger partial charge in [-0.05, 0) is 89.2 Å². The Balaban J connectivity index is 1.63. The number of ether oxygens (including phenoxy) is 2. The van der Waals surface area contributed by atoms with E-state index in [1.165, 1.54) is 11.1 Å². The standard InChI is InChI=1S/C26H24ClNO4S/c1-31-20-7-4-17(5-8-20)26-25-15-18-3-6-19(27)16-24(18)23(25)13-14-28(26)33(29,30)22-11-9-21(32-2)10-12-22/h3-12,16,26H,13-15H2,1-2H3. The monoisotopic (exact) mass is 481 g/mol. The van der Waals surface area contributed by atoms with E-state index in [9.17, 15) is 8.42 Å². The summed E-state index contributed by atoms with van der Waals surface area (Å²) in [5.41, 5.74) is 5.55. The van der Waals surface area contributed by atoms with Crippen LogP contribution < -0.4 is 9.47 Å². The summed E-state index contributed by atoms with van der Waals surface area (Å²) < 4.78 is 39.8. The lowest BCUT2D eigenvalue weighted by molar-refractivity contribution is 0.348. The third kappa shape index (κ3) is 3.82. The minimum atomic E-state index is -3.75. The van der Waals surface area contributed by atoms with Crippen LogP contribution in [0.15, 0.2) is 77.2 Å². The Kier molecular flexibility index (Phi) is 5.69. The van der Waals surface area contributed by atoms with Crippen LogP contribution in [0.4, 0.5) is 0 Å². The van der Waals surface area contributed by atoms with Gasteiger partial charge in [-0.2, -0.15) is 4.31 Å². The summed E-state index contributed by atoms with van der Waals surface area (Å²) in [4.78, 5) is 0.254. The number of benzene rings is 3. The molecule has 3 aromatic rings. The van der Waals surface area contributed by atoms with Gasteiger partial charge in [0.05, 0.1) is 25.2 Å². The molecular formula is C26H24ClNO4S. The molecule has 3 aromatic carbocycles. The maximum absolute atomic E-state index is 13.8. The minimum Gasteiger partial charge on any atom is -0.497 e. The molecule has 1 heterocycles. The van der Waals surface area contributed by atoms with Crippen molar-refractivity contribution in [1.82, 2.24) is 4.31 Å². The summed E-state index contributed by atoms with van der Waals surface area (Å²) in [7, 11) is -0.567. The van der Waals surface area contributed by atoms with Gasteiger partial charge in [0.25, 0.3) is 0 Å². The molecule has 5 nitrogen and oxygen atoms in total. The molecular weight excluding hydrogens is 458 g/mol. The van der Waals surface area contributed by atoms with Gasteiger partial charge in [-0.15, -0.1) is 0 Å². The van der Waals surface area contributed by atoms with E-state index in [4.69, 9.17) is 21.1 Å². The number of hydrogen-bond acceptors (Lipinski definition) is 4. The average molecular weight is 482 g/mol. The lowest BCUT2D eigenvalue weighted by Crippen LogP contribution is -2.39. The van der Waals surface area contributed by atoms with Gasteiger partial charge in [-0.25, -0.2) is 8.42 Å². The molecule has 1 aliphatic carbocycles. The number of nitrogens with zero attached hydrogens (tertiary/aromatic N) is 1. The highest BCUT2D eigenvalue weighted by Crippen LogP contribution is 2.49. The smallest absolute Gasteiger partial charge is 0.243 e. The Morgan fingerprint density at radius 3 is 2.18 bits per heavy atom. The van der Waals surface area contributed by atoms with Crippen LogP contribution in [0, 0.1) is 0 Å². The van der Waals surface area contributed by atoms with Crippen molar-refractivity contribution in [2.24, 2.45) is 0 Å². The predicted octanol–water partition coefficient (Wildman–Crippen LogP) is 5.50. The Morgan fingerprint density at radius 2 is 1.55 bits per heavy atom. The van der Waals surface area contributed by atoms with Crippen molar-refractivity contribution < 1.29 is 17.9 Å². The number of methoxy groups -OCH3 is 2. The molecule has 0 saturated carbocycles. The van der Waals surface area contributed by atoms with Crippen LogP contribution in [0.5, 0.6) is 11.5 Å². The van der Waals surface area contributed by atoms with Crippen LogP contribution in [0.2, 0.25) is 5.02 Å². The number of sulfonamides is 1. The van der Waals surface area contributed by atoms with Crippen molar-refractivity contribution in [3.63, 3.8) is 0 Å². The van der Waals surface area contributed by atoms with Crippen molar-refractivity contribution in [1.29, 1.82) is 0 Å². The lowest BCUT2D eigenvalue weighted by Gasteiger charge is -2.37. The van der Waals surface area contributed by atoms with E-state index in [0.717, 1.165) is 22.4 Å². The second-order valence-corrected chi connectivity index (χ2v) is 10.5. The summed E-state index contributed by atoms with van der Waals surface area (Å²) in [6.45, 7) is 0.385. The van der Waals surface area contributed by atoms with Crippen molar-refractivity contribution in [2.45, 2.75) is 23.8 Å². The highest BCUT2D eigenvalue weighted by Gasteiger charge is 2.41. The van der Waals surface area contributed by atoms with Crippen molar-refractivity contribution in [3.8, 4) is 11.5 Å². The molecule has 7 heteroatoms. The maximum atomic E-state index is 13.8. The van der Waals surface area contributed by atoms with Gasteiger partial charge in [-0.1, -0.05) is 29.8 Å². The predicted molar refractivity (Wildman–Crippen MR) is 129 cm³/mol. The fraction of sp³-hybridized carbons (Fsp3) is 0.231. The van der Waals surface area contributed by atoms with Gasteiger partial charge < -0.3 is 9.47 Å². The topological polar surface area (TPSA) is 55.8 Å². The maximum Gasteiger partial charge on any atom is 0.243 e. The Hall–Kier alpha value is -2.80. The molecule has 0 aromatic heterocycles. The fourth-order valence-corrected chi connectivity index (χ4v) is 6.63. The molecule has 0 radical (unpaired) electrons. The van der Waals surface area contributed by atoms with E-state index in [1.54, 1.807) is 42.8 Å². The van der Waals surface area contributed by atoms with E-state index in [1.807, 2.05) is 42.5 Å². The SMILES string of the molecule is COc1ccc(C2C3=C(CCN2S(=O)(=O)c2ccc(OC)cc2)c2cc(Cl)ccc2C3)cc1. The number of fused-ring (bicyclic) bond motifs is 2. The summed E-state index contributed by atoms with van der Waals surface area (Å²) >= 11 is 6.29. The summed E-state index contributed by atoms with van der Waals surface area (Å²) in [6, 6.07) is 19.8. The van der Waals surface area contributed by atoms with Gasteiger partial charge >= 0.3 is 0 Å². The third-order valence-electron chi connectivity index (χ3n) is 6.46. The number of rotatable bonds is 5. The summed E-state index contributed by atoms with van der Waals surface area (Å²) in [5.74, 6) is 1.35. The normalized spacial score (nSPS) is 18.1. The van der Waals surface area contributed by atoms with Crippen LogP contribution >= 0.6 is 11.6 Å². The fourth-order valence-electron chi connectivity index (χ4n) is 4.85. The molecule has 5 rings (SSSR count). The zero-order valence-corrected chi connectivity index (χ0v) is 20.0. The average Bonchev–Trinajstić information content (AvgIpc) is 3.21. The van der Waals surface area contributed by atoms with Gasteiger partial charge in [0, 0.05) is 11.6 Å². The number of halogens is 1. The van der Waals surface area contributed by atoms with Gasteiger partial charge in [0.2, 0.25) is 10.0 Å². The second-order valence-electron chi connectivity index (χ2n) is 8.20. The highest BCUT2D eigenvalue weighted by atomic mass is 35.5. The van der Waals surface area contributed by atoms with Crippen LogP contribution in [-0.2, 0) is 16.4 Å². The highest BCUT2D eigenvalue weighted by molar-refractivity contribution is 7.89. The molecule has 0 amide bonds.